The van der Waals surface area contributed by atoms with Crippen molar-refractivity contribution in [1.29, 1.82) is 0 Å². The third-order valence-corrected chi connectivity index (χ3v) is 2.88. The van der Waals surface area contributed by atoms with Gasteiger partial charge in [-0.25, -0.2) is 0 Å². The summed E-state index contributed by atoms with van der Waals surface area (Å²) >= 11 is 4.94. The van der Waals surface area contributed by atoms with E-state index >= 15 is 0 Å². The Bertz CT molecular complexity index is 432. The quantitative estimate of drug-likeness (QED) is 0.415. The molecule has 0 heterocycles. The van der Waals surface area contributed by atoms with Crippen LogP contribution in [0.5, 0.6) is 5.75 Å². The molecule has 0 fully saturated rings. The van der Waals surface area contributed by atoms with Gasteiger partial charge in [0, 0.05) is 3.57 Å². The molecule has 94 valence electrons. The molecule has 0 amide bonds. The third-order valence-electron chi connectivity index (χ3n) is 1.79. The van der Waals surface area contributed by atoms with Crippen LogP contribution in [0.3, 0.4) is 0 Å². The van der Waals surface area contributed by atoms with Crippen molar-refractivity contribution in [2.45, 2.75) is 18.1 Å². The largest absolute Gasteiger partial charge is 0.573 e. The number of hydrogen-bond donors (Lipinski definition) is 0. The maximum atomic E-state index is 12.1. The lowest BCUT2D eigenvalue weighted by Crippen LogP contribution is -2.20. The first-order chi connectivity index (χ1) is 7.70. The lowest BCUT2D eigenvalue weighted by atomic mass is 10.1. The Morgan fingerprint density at radius 3 is 2.53 bits per heavy atom. The fourth-order valence-corrected chi connectivity index (χ4v) is 1.86. The van der Waals surface area contributed by atoms with E-state index in [0.717, 1.165) is 6.07 Å². The summed E-state index contributed by atoms with van der Waals surface area (Å²) in [6.45, 7) is 1.54. The molecule has 0 saturated carbocycles. The minimum absolute atomic E-state index is 0.0846. The van der Waals surface area contributed by atoms with Gasteiger partial charge in [-0.2, -0.15) is 0 Å². The second-order valence-electron chi connectivity index (χ2n) is 3.17. The molecule has 0 aliphatic rings. The normalized spacial score (nSPS) is 13.3. The van der Waals surface area contributed by atoms with Crippen LogP contribution in [-0.2, 0) is 0 Å². The first-order valence-electron chi connectivity index (χ1n) is 4.44. The molecular weight excluding hydrogens is 416 g/mol. The van der Waals surface area contributed by atoms with Gasteiger partial charge in [-0.1, -0.05) is 15.9 Å². The first kappa shape index (κ1) is 14.7. The SMILES string of the molecule is CC(Br)C(=O)c1cc(I)ccc1OC(F)(F)F. The van der Waals surface area contributed by atoms with E-state index in [1.807, 2.05) is 22.6 Å². The van der Waals surface area contributed by atoms with Crippen molar-refractivity contribution in [2.24, 2.45) is 0 Å². The minimum Gasteiger partial charge on any atom is -0.405 e. The summed E-state index contributed by atoms with van der Waals surface area (Å²) in [6, 6.07) is 3.94. The van der Waals surface area contributed by atoms with E-state index in [1.54, 1.807) is 6.92 Å². The predicted molar refractivity (Wildman–Crippen MR) is 68.6 cm³/mol. The molecular formula is C10H7BrF3IO2. The van der Waals surface area contributed by atoms with Crippen LogP contribution in [0.1, 0.15) is 17.3 Å². The molecule has 17 heavy (non-hydrogen) atoms. The summed E-state index contributed by atoms with van der Waals surface area (Å²) in [5, 5.41) is 0. The van der Waals surface area contributed by atoms with Gasteiger partial charge in [-0.05, 0) is 47.7 Å². The van der Waals surface area contributed by atoms with Crippen molar-refractivity contribution in [3.8, 4) is 5.75 Å². The molecule has 0 aromatic heterocycles. The van der Waals surface area contributed by atoms with Crippen molar-refractivity contribution < 1.29 is 22.7 Å². The fraction of sp³-hybridized carbons (Fsp3) is 0.300. The molecule has 0 radical (unpaired) electrons. The Labute approximate surface area is 118 Å². The monoisotopic (exact) mass is 422 g/mol. The molecule has 1 unspecified atom stereocenters. The van der Waals surface area contributed by atoms with Crippen LogP contribution < -0.4 is 4.74 Å². The lowest BCUT2D eigenvalue weighted by molar-refractivity contribution is -0.274. The Kier molecular flexibility index (Phi) is 4.82. The zero-order valence-corrected chi connectivity index (χ0v) is 12.3. The highest BCUT2D eigenvalue weighted by Crippen LogP contribution is 2.29. The molecule has 1 aromatic carbocycles. The summed E-state index contributed by atoms with van der Waals surface area (Å²) in [4.78, 5) is 11.1. The van der Waals surface area contributed by atoms with Crippen molar-refractivity contribution >= 4 is 44.3 Å². The van der Waals surface area contributed by atoms with Gasteiger partial charge < -0.3 is 4.74 Å². The number of hydrogen-bond acceptors (Lipinski definition) is 2. The third kappa shape index (κ3) is 4.46. The summed E-state index contributed by atoms with van der Waals surface area (Å²) in [6.07, 6.45) is -4.81. The minimum atomic E-state index is -4.81. The number of ketones is 1. The number of Topliss-reactive ketones (excluding diaryl/α,β-unsaturated/α-hetero) is 1. The molecule has 1 rings (SSSR count). The molecule has 7 heteroatoms. The van der Waals surface area contributed by atoms with Crippen molar-refractivity contribution in [2.75, 3.05) is 0 Å². The van der Waals surface area contributed by atoms with Crippen LogP contribution in [0.25, 0.3) is 0 Å². The number of alkyl halides is 4. The number of carbonyl (C=O) groups is 1. The van der Waals surface area contributed by atoms with Crippen molar-refractivity contribution in [1.82, 2.24) is 0 Å². The van der Waals surface area contributed by atoms with Crippen LogP contribution in [0.15, 0.2) is 18.2 Å². The van der Waals surface area contributed by atoms with E-state index in [4.69, 9.17) is 0 Å². The summed E-state index contributed by atoms with van der Waals surface area (Å²) in [7, 11) is 0. The van der Waals surface area contributed by atoms with E-state index in [1.165, 1.54) is 12.1 Å². The molecule has 0 saturated heterocycles. The maximum Gasteiger partial charge on any atom is 0.573 e. The highest BCUT2D eigenvalue weighted by molar-refractivity contribution is 14.1. The Morgan fingerprint density at radius 1 is 1.47 bits per heavy atom. The standard InChI is InChI=1S/C10H7BrF3IO2/c1-5(11)9(16)7-4-6(15)2-3-8(7)17-10(12,13)14/h2-5H,1H3. The van der Waals surface area contributed by atoms with Crippen molar-refractivity contribution in [3.63, 3.8) is 0 Å². The maximum absolute atomic E-state index is 12.1. The molecule has 0 N–H and O–H groups in total. The number of rotatable bonds is 3. The second kappa shape index (κ2) is 5.55. The van der Waals surface area contributed by atoms with Gasteiger partial charge in [-0.3, -0.25) is 4.79 Å². The average Bonchev–Trinajstić information content (AvgIpc) is 2.17. The summed E-state index contributed by atoms with van der Waals surface area (Å²) < 4.78 is 40.9. The molecule has 0 spiro atoms. The number of benzene rings is 1. The van der Waals surface area contributed by atoms with E-state index in [0.29, 0.717) is 3.57 Å². The van der Waals surface area contributed by atoms with E-state index in [2.05, 4.69) is 20.7 Å². The molecule has 0 aliphatic heterocycles. The van der Waals surface area contributed by atoms with Crippen LogP contribution in [0, 0.1) is 3.57 Å². The lowest BCUT2D eigenvalue weighted by Gasteiger charge is -2.13. The molecule has 0 aliphatic carbocycles. The summed E-state index contributed by atoms with van der Waals surface area (Å²) in [5.41, 5.74) is -0.0846. The smallest absolute Gasteiger partial charge is 0.405 e. The van der Waals surface area contributed by atoms with Crippen LogP contribution in [0.2, 0.25) is 0 Å². The van der Waals surface area contributed by atoms with E-state index in [9.17, 15) is 18.0 Å². The van der Waals surface area contributed by atoms with Crippen LogP contribution >= 0.6 is 38.5 Å². The highest BCUT2D eigenvalue weighted by atomic mass is 127. The van der Waals surface area contributed by atoms with Gasteiger partial charge in [0.25, 0.3) is 0 Å². The van der Waals surface area contributed by atoms with Gasteiger partial charge >= 0.3 is 6.36 Å². The first-order valence-corrected chi connectivity index (χ1v) is 6.44. The average molecular weight is 423 g/mol. The fourth-order valence-electron chi connectivity index (χ4n) is 1.12. The Morgan fingerprint density at radius 2 is 2.06 bits per heavy atom. The van der Waals surface area contributed by atoms with Gasteiger partial charge in [0.2, 0.25) is 0 Å². The predicted octanol–water partition coefficient (Wildman–Crippen LogP) is 4.16. The molecule has 0 bridgehead atoms. The van der Waals surface area contributed by atoms with Gasteiger partial charge in [0.05, 0.1) is 10.4 Å². The van der Waals surface area contributed by atoms with E-state index in [-0.39, 0.29) is 5.56 Å². The molecule has 1 atom stereocenters. The number of ether oxygens (including phenoxy) is 1. The number of carbonyl (C=O) groups excluding carboxylic acids is 1. The molecule has 1 aromatic rings. The Balaban J connectivity index is 3.17. The topological polar surface area (TPSA) is 26.3 Å². The van der Waals surface area contributed by atoms with Crippen LogP contribution in [-0.4, -0.2) is 17.0 Å². The summed E-state index contributed by atoms with van der Waals surface area (Å²) in [5.74, 6) is -0.933. The van der Waals surface area contributed by atoms with Gasteiger partial charge in [0.15, 0.2) is 5.78 Å². The molecule has 2 nitrogen and oxygen atoms in total. The number of halogens is 5. The highest BCUT2D eigenvalue weighted by Gasteiger charge is 2.33. The van der Waals surface area contributed by atoms with Gasteiger partial charge in [-0.15, -0.1) is 13.2 Å². The van der Waals surface area contributed by atoms with Crippen molar-refractivity contribution in [3.05, 3.63) is 27.3 Å². The van der Waals surface area contributed by atoms with Crippen LogP contribution in [0.4, 0.5) is 13.2 Å². The van der Waals surface area contributed by atoms with E-state index < -0.39 is 22.7 Å². The zero-order valence-electron chi connectivity index (χ0n) is 8.52. The zero-order chi connectivity index (χ0) is 13.2. The second-order valence-corrected chi connectivity index (χ2v) is 5.79. The Hall–Kier alpha value is -0.310. The van der Waals surface area contributed by atoms with Gasteiger partial charge in [0.1, 0.15) is 5.75 Å².